The van der Waals surface area contributed by atoms with Gasteiger partial charge in [0.05, 0.1) is 17.7 Å². The Balaban J connectivity index is 2.03. The summed E-state index contributed by atoms with van der Waals surface area (Å²) in [6.07, 6.45) is 2.32. The number of nitrogens with zero attached hydrogens (tertiary/aromatic N) is 2. The Morgan fingerprint density at radius 1 is 0.951 bits per heavy atom. The molecule has 3 aromatic carbocycles. The molecule has 1 atom stereocenters. The molecule has 0 spiro atoms. The Morgan fingerprint density at radius 2 is 1.61 bits per heavy atom. The summed E-state index contributed by atoms with van der Waals surface area (Å²) in [4.78, 5) is 28.7. The van der Waals surface area contributed by atoms with Crippen LogP contribution in [0.5, 0.6) is 5.75 Å². The fourth-order valence-corrected chi connectivity index (χ4v) is 5.90. The molecule has 3 aromatic rings. The highest BCUT2D eigenvalue weighted by Gasteiger charge is 2.33. The summed E-state index contributed by atoms with van der Waals surface area (Å²) in [5.41, 5.74) is 2.94. The first-order valence-electron chi connectivity index (χ1n) is 14.0. The molecule has 0 bridgehead atoms. The lowest BCUT2D eigenvalue weighted by molar-refractivity contribution is -0.139. The predicted molar refractivity (Wildman–Crippen MR) is 162 cm³/mol. The van der Waals surface area contributed by atoms with E-state index in [0.29, 0.717) is 24.4 Å². The van der Waals surface area contributed by atoms with Crippen LogP contribution in [0.25, 0.3) is 0 Å². The largest absolute Gasteiger partial charge is 0.497 e. The quantitative estimate of drug-likeness (QED) is 0.268. The van der Waals surface area contributed by atoms with Gasteiger partial charge in [-0.2, -0.15) is 0 Å². The number of hydrogen-bond acceptors (Lipinski definition) is 5. The maximum atomic E-state index is 14.1. The van der Waals surface area contributed by atoms with Crippen molar-refractivity contribution in [1.29, 1.82) is 0 Å². The second-order valence-corrected chi connectivity index (χ2v) is 11.9. The topological polar surface area (TPSA) is 96.0 Å². The van der Waals surface area contributed by atoms with Crippen molar-refractivity contribution in [3.05, 3.63) is 89.5 Å². The number of carbonyl (C=O) groups excluding carboxylic acids is 2. The van der Waals surface area contributed by atoms with Crippen LogP contribution in [-0.2, 0) is 32.6 Å². The molecule has 8 nitrogen and oxygen atoms in total. The lowest BCUT2D eigenvalue weighted by Gasteiger charge is -2.32. The number of sulfonamides is 1. The number of aryl methyl sites for hydroxylation is 2. The van der Waals surface area contributed by atoms with Gasteiger partial charge in [0.15, 0.2) is 0 Å². The molecule has 3 rings (SSSR count). The monoisotopic (exact) mass is 579 g/mol. The zero-order valence-corrected chi connectivity index (χ0v) is 25.4. The number of amides is 2. The van der Waals surface area contributed by atoms with Gasteiger partial charge in [-0.1, -0.05) is 68.3 Å². The highest BCUT2D eigenvalue weighted by Crippen LogP contribution is 2.28. The van der Waals surface area contributed by atoms with E-state index in [2.05, 4.69) is 5.32 Å². The molecule has 0 aliphatic carbocycles. The molecule has 0 saturated carbocycles. The molecule has 0 fully saturated rings. The first-order valence-corrected chi connectivity index (χ1v) is 15.4. The number of rotatable bonds is 14. The maximum absolute atomic E-state index is 14.1. The average Bonchev–Trinajstić information content (AvgIpc) is 2.98. The van der Waals surface area contributed by atoms with Gasteiger partial charge in [-0.3, -0.25) is 13.9 Å². The molecule has 0 aromatic heterocycles. The number of hydrogen-bond donors (Lipinski definition) is 1. The van der Waals surface area contributed by atoms with E-state index in [1.807, 2.05) is 45.0 Å². The molecule has 0 heterocycles. The van der Waals surface area contributed by atoms with Crippen molar-refractivity contribution >= 4 is 27.5 Å². The van der Waals surface area contributed by atoms with Crippen molar-refractivity contribution in [2.24, 2.45) is 0 Å². The van der Waals surface area contributed by atoms with Crippen molar-refractivity contribution in [3.63, 3.8) is 0 Å². The average molecular weight is 580 g/mol. The van der Waals surface area contributed by atoms with E-state index in [0.717, 1.165) is 29.5 Å². The zero-order valence-electron chi connectivity index (χ0n) is 24.6. The molecular weight excluding hydrogens is 538 g/mol. The van der Waals surface area contributed by atoms with Crippen LogP contribution >= 0.6 is 0 Å². The number of methoxy groups -OCH3 is 1. The second-order valence-electron chi connectivity index (χ2n) is 10.00. The lowest BCUT2D eigenvalue weighted by atomic mass is 10.1. The Hall–Kier alpha value is -3.85. The molecule has 41 heavy (non-hydrogen) atoms. The van der Waals surface area contributed by atoms with Crippen LogP contribution in [0.15, 0.2) is 77.7 Å². The summed E-state index contributed by atoms with van der Waals surface area (Å²) >= 11 is 0. The fraction of sp³-hybridized carbons (Fsp3) is 0.375. The minimum absolute atomic E-state index is 0.0915. The van der Waals surface area contributed by atoms with Crippen LogP contribution in [0.1, 0.15) is 50.3 Å². The molecule has 0 aliphatic heterocycles. The van der Waals surface area contributed by atoms with Gasteiger partial charge in [-0.15, -0.1) is 0 Å². The number of carbonyl (C=O) groups is 2. The van der Waals surface area contributed by atoms with E-state index in [9.17, 15) is 18.0 Å². The van der Waals surface area contributed by atoms with E-state index in [4.69, 9.17) is 4.74 Å². The van der Waals surface area contributed by atoms with Crippen LogP contribution in [-0.4, -0.2) is 51.4 Å². The molecule has 1 unspecified atom stereocenters. The summed E-state index contributed by atoms with van der Waals surface area (Å²) in [6, 6.07) is 20.2. The van der Waals surface area contributed by atoms with Crippen LogP contribution in [0.4, 0.5) is 5.69 Å². The Morgan fingerprint density at radius 3 is 2.22 bits per heavy atom. The predicted octanol–water partition coefficient (Wildman–Crippen LogP) is 5.09. The van der Waals surface area contributed by atoms with Crippen LogP contribution in [0.3, 0.4) is 0 Å². The fourth-order valence-electron chi connectivity index (χ4n) is 4.45. The maximum Gasteiger partial charge on any atom is 0.264 e. The van der Waals surface area contributed by atoms with Crippen molar-refractivity contribution < 1.29 is 22.7 Å². The van der Waals surface area contributed by atoms with Gasteiger partial charge >= 0.3 is 0 Å². The van der Waals surface area contributed by atoms with E-state index >= 15 is 0 Å². The van der Waals surface area contributed by atoms with Crippen LogP contribution in [0, 0.1) is 6.92 Å². The van der Waals surface area contributed by atoms with Gasteiger partial charge in [-0.05, 0) is 68.1 Å². The van der Waals surface area contributed by atoms with Crippen molar-refractivity contribution in [3.8, 4) is 5.75 Å². The van der Waals surface area contributed by atoms with E-state index in [1.54, 1.807) is 62.6 Å². The lowest BCUT2D eigenvalue weighted by Crippen LogP contribution is -2.51. The molecule has 2 amide bonds. The second kappa shape index (κ2) is 14.7. The van der Waals surface area contributed by atoms with Crippen molar-refractivity contribution in [1.82, 2.24) is 10.2 Å². The highest BCUT2D eigenvalue weighted by atomic mass is 32.2. The van der Waals surface area contributed by atoms with E-state index in [-0.39, 0.29) is 17.3 Å². The van der Waals surface area contributed by atoms with Crippen molar-refractivity contribution in [2.45, 2.75) is 64.4 Å². The SMILES string of the molecule is CCCCNC(=O)C(C)N(Cc1ccc(OC)cc1)C(=O)CN(c1ccccc1CC)S(=O)(=O)c1ccc(C)cc1. The normalized spacial score (nSPS) is 11.9. The summed E-state index contributed by atoms with van der Waals surface area (Å²) in [7, 11) is -2.53. The van der Waals surface area contributed by atoms with E-state index in [1.165, 1.54) is 9.21 Å². The molecule has 1 N–H and O–H groups in total. The smallest absolute Gasteiger partial charge is 0.264 e. The summed E-state index contributed by atoms with van der Waals surface area (Å²) in [5, 5.41) is 2.90. The number of para-hydroxylation sites is 1. The number of anilines is 1. The van der Waals surface area contributed by atoms with Gasteiger partial charge in [0.25, 0.3) is 10.0 Å². The first kappa shape index (κ1) is 31.7. The molecule has 0 saturated heterocycles. The van der Waals surface area contributed by atoms with Gasteiger partial charge in [0.1, 0.15) is 18.3 Å². The third kappa shape index (κ3) is 8.10. The van der Waals surface area contributed by atoms with Gasteiger partial charge in [0.2, 0.25) is 11.8 Å². The van der Waals surface area contributed by atoms with Gasteiger partial charge in [0, 0.05) is 13.1 Å². The third-order valence-electron chi connectivity index (χ3n) is 7.04. The highest BCUT2D eigenvalue weighted by molar-refractivity contribution is 7.92. The number of unbranched alkanes of at least 4 members (excludes halogenated alkanes) is 1. The Kier molecular flexibility index (Phi) is 11.3. The summed E-state index contributed by atoms with van der Waals surface area (Å²) in [5.74, 6) is -0.105. The van der Waals surface area contributed by atoms with Gasteiger partial charge < -0.3 is 15.0 Å². The minimum Gasteiger partial charge on any atom is -0.497 e. The standard InChI is InChI=1S/C32H41N3O5S/c1-6-8-21-33-32(37)25(4)34(22-26-15-17-28(40-5)18-16-26)31(36)23-35(30-12-10-9-11-27(30)7-2)41(38,39)29-19-13-24(3)14-20-29/h9-20,25H,6-8,21-23H2,1-5H3,(H,33,37). The summed E-state index contributed by atoms with van der Waals surface area (Å²) < 4.78 is 34.5. The molecule has 0 aliphatic rings. The summed E-state index contributed by atoms with van der Waals surface area (Å²) in [6.45, 7) is 7.69. The van der Waals surface area contributed by atoms with E-state index < -0.39 is 28.5 Å². The molecule has 9 heteroatoms. The minimum atomic E-state index is -4.11. The molecular formula is C32H41N3O5S. The molecule has 220 valence electrons. The first-order chi connectivity index (χ1) is 19.6. The zero-order chi connectivity index (χ0) is 30.0. The van der Waals surface area contributed by atoms with Gasteiger partial charge in [-0.25, -0.2) is 8.42 Å². The number of ether oxygens (including phenoxy) is 1. The van der Waals surface area contributed by atoms with Crippen LogP contribution in [0.2, 0.25) is 0 Å². The number of nitrogens with one attached hydrogen (secondary N) is 1. The number of benzene rings is 3. The molecule has 0 radical (unpaired) electrons. The van der Waals surface area contributed by atoms with Crippen LogP contribution < -0.4 is 14.4 Å². The Bertz CT molecular complexity index is 1410. The van der Waals surface area contributed by atoms with Crippen molar-refractivity contribution in [2.75, 3.05) is 24.5 Å². The third-order valence-corrected chi connectivity index (χ3v) is 8.81. The Labute approximate surface area is 244 Å².